The maximum atomic E-state index is 10.9. The maximum Gasteiger partial charge on any atom is 0.307 e. The molecule has 22 heavy (non-hydrogen) atoms. The normalized spacial score (nSPS) is 26.1. The van der Waals surface area contributed by atoms with Crippen molar-refractivity contribution in [1.29, 1.82) is 0 Å². The summed E-state index contributed by atoms with van der Waals surface area (Å²) in [5.74, 6) is 0.403. The van der Waals surface area contributed by atoms with Gasteiger partial charge in [0.05, 0.1) is 18.6 Å². The van der Waals surface area contributed by atoms with E-state index in [2.05, 4.69) is 15.3 Å². The molecule has 1 aromatic heterocycles. The highest BCUT2D eigenvalue weighted by atomic mass is 16.5. The average Bonchev–Trinajstić information content (AvgIpc) is 3.17. The number of ether oxygens (including phenoxy) is 1. The molecule has 1 fully saturated rings. The van der Waals surface area contributed by atoms with E-state index in [9.17, 15) is 4.79 Å². The number of carboxylic acids is 1. The fourth-order valence-corrected chi connectivity index (χ4v) is 3.52. The van der Waals surface area contributed by atoms with Crippen molar-refractivity contribution in [2.45, 2.75) is 25.0 Å². The monoisotopic (exact) mass is 299 g/mol. The van der Waals surface area contributed by atoms with E-state index in [1.54, 1.807) is 6.20 Å². The number of hydrogen-bond donors (Lipinski definition) is 3. The molecule has 2 aliphatic rings. The van der Waals surface area contributed by atoms with Gasteiger partial charge in [-0.1, -0.05) is 12.1 Å². The van der Waals surface area contributed by atoms with Gasteiger partial charge >= 0.3 is 5.97 Å². The molecule has 2 aliphatic heterocycles. The number of carbonyl (C=O) groups is 1. The summed E-state index contributed by atoms with van der Waals surface area (Å²) in [5.41, 5.74) is 2.86. The minimum absolute atomic E-state index is 0.0000879. The van der Waals surface area contributed by atoms with E-state index in [1.807, 2.05) is 24.4 Å². The number of hydrogen-bond acceptors (Lipinski definition) is 4. The lowest BCUT2D eigenvalue weighted by atomic mass is 9.83. The summed E-state index contributed by atoms with van der Waals surface area (Å²) in [5, 5.41) is 12.5. The average molecular weight is 299 g/mol. The number of anilines is 1. The molecule has 1 aromatic carbocycles. The molecule has 0 radical (unpaired) electrons. The molecule has 1 saturated heterocycles. The van der Waals surface area contributed by atoms with Crippen LogP contribution in [0.25, 0.3) is 0 Å². The lowest BCUT2D eigenvalue weighted by Crippen LogP contribution is -2.30. The topological polar surface area (TPSA) is 87.2 Å². The lowest BCUT2D eigenvalue weighted by molar-refractivity contribution is -0.136. The molecule has 4 rings (SSSR count). The van der Waals surface area contributed by atoms with Gasteiger partial charge < -0.3 is 20.1 Å². The smallest absolute Gasteiger partial charge is 0.307 e. The summed E-state index contributed by atoms with van der Waals surface area (Å²) < 4.78 is 5.94. The Balaban J connectivity index is 1.72. The zero-order valence-electron chi connectivity index (χ0n) is 12.0. The van der Waals surface area contributed by atoms with E-state index in [-0.39, 0.29) is 18.6 Å². The number of carboxylic acid groups (broad SMARTS) is 1. The number of aromatic amines is 1. The van der Waals surface area contributed by atoms with Gasteiger partial charge in [0.2, 0.25) is 0 Å². The van der Waals surface area contributed by atoms with E-state index in [0.29, 0.717) is 5.92 Å². The fourth-order valence-electron chi connectivity index (χ4n) is 3.52. The summed E-state index contributed by atoms with van der Waals surface area (Å²) >= 11 is 0. The Labute approximate surface area is 127 Å². The lowest BCUT2D eigenvalue weighted by Gasteiger charge is -2.35. The van der Waals surface area contributed by atoms with Gasteiger partial charge in [0.1, 0.15) is 5.82 Å². The Morgan fingerprint density at radius 1 is 1.45 bits per heavy atom. The summed E-state index contributed by atoms with van der Waals surface area (Å²) in [6.07, 6.45) is 4.58. The van der Waals surface area contributed by atoms with Crippen molar-refractivity contribution in [2.75, 3.05) is 11.9 Å². The van der Waals surface area contributed by atoms with Crippen LogP contribution >= 0.6 is 0 Å². The van der Waals surface area contributed by atoms with E-state index in [0.717, 1.165) is 35.7 Å². The van der Waals surface area contributed by atoms with E-state index in [1.165, 1.54) is 0 Å². The van der Waals surface area contributed by atoms with Crippen molar-refractivity contribution in [3.05, 3.63) is 47.5 Å². The van der Waals surface area contributed by atoms with E-state index >= 15 is 0 Å². The molecule has 2 aromatic rings. The molecule has 6 nitrogen and oxygen atoms in total. The van der Waals surface area contributed by atoms with Crippen LogP contribution in [-0.4, -0.2) is 27.7 Å². The molecule has 3 heterocycles. The van der Waals surface area contributed by atoms with Crippen LogP contribution in [0.2, 0.25) is 0 Å². The molecular formula is C16H17N3O3. The van der Waals surface area contributed by atoms with Gasteiger partial charge in [-0.05, 0) is 18.1 Å². The number of nitrogens with zero attached hydrogens (tertiary/aromatic N) is 1. The number of nitrogens with one attached hydrogen (secondary N) is 2. The van der Waals surface area contributed by atoms with Crippen LogP contribution in [0, 0.1) is 5.92 Å². The van der Waals surface area contributed by atoms with Crippen LogP contribution in [0.5, 0.6) is 0 Å². The molecule has 0 saturated carbocycles. The Morgan fingerprint density at radius 3 is 3.14 bits per heavy atom. The van der Waals surface area contributed by atoms with Crippen molar-refractivity contribution in [3.63, 3.8) is 0 Å². The predicted molar refractivity (Wildman–Crippen MR) is 79.5 cm³/mol. The molecule has 0 aliphatic carbocycles. The Morgan fingerprint density at radius 2 is 2.36 bits per heavy atom. The van der Waals surface area contributed by atoms with Gasteiger partial charge in [-0.15, -0.1) is 0 Å². The first kappa shape index (κ1) is 13.3. The van der Waals surface area contributed by atoms with Crippen molar-refractivity contribution < 1.29 is 14.6 Å². The molecule has 0 amide bonds. The van der Waals surface area contributed by atoms with Crippen molar-refractivity contribution >= 4 is 11.7 Å². The number of imidazole rings is 1. The predicted octanol–water partition coefficient (Wildman–Crippen LogP) is 2.28. The minimum atomic E-state index is -0.818. The maximum absolute atomic E-state index is 10.9. The first-order chi connectivity index (χ1) is 10.7. The number of H-pyrrole nitrogens is 1. The molecule has 6 heteroatoms. The van der Waals surface area contributed by atoms with Crippen molar-refractivity contribution in [3.8, 4) is 0 Å². The first-order valence-electron chi connectivity index (χ1n) is 7.44. The van der Waals surface area contributed by atoms with E-state index < -0.39 is 5.97 Å². The van der Waals surface area contributed by atoms with Crippen LogP contribution in [0.4, 0.5) is 5.69 Å². The third-order valence-corrected chi connectivity index (χ3v) is 4.47. The second-order valence-corrected chi connectivity index (χ2v) is 5.83. The second kappa shape index (κ2) is 5.14. The number of fused-ring (bicyclic) bond motifs is 3. The number of benzene rings is 1. The van der Waals surface area contributed by atoms with Gasteiger partial charge in [-0.25, -0.2) is 4.98 Å². The molecule has 3 N–H and O–H groups in total. The largest absolute Gasteiger partial charge is 0.481 e. The fraction of sp³-hybridized carbons (Fsp3) is 0.375. The summed E-state index contributed by atoms with van der Waals surface area (Å²) in [7, 11) is 0. The van der Waals surface area contributed by atoms with Crippen LogP contribution in [-0.2, 0) is 16.0 Å². The van der Waals surface area contributed by atoms with Gasteiger partial charge in [0, 0.05) is 36.2 Å². The van der Waals surface area contributed by atoms with Crippen LogP contribution in [0.1, 0.15) is 35.5 Å². The zero-order chi connectivity index (χ0) is 15.1. The molecule has 0 spiro atoms. The van der Waals surface area contributed by atoms with Crippen molar-refractivity contribution in [1.82, 2.24) is 9.97 Å². The molecule has 3 atom stereocenters. The van der Waals surface area contributed by atoms with Crippen molar-refractivity contribution in [2.24, 2.45) is 5.92 Å². The van der Waals surface area contributed by atoms with E-state index in [4.69, 9.17) is 9.84 Å². The van der Waals surface area contributed by atoms with Gasteiger partial charge in [0.25, 0.3) is 0 Å². The third-order valence-electron chi connectivity index (χ3n) is 4.47. The minimum Gasteiger partial charge on any atom is -0.481 e. The highest BCUT2D eigenvalue weighted by Gasteiger charge is 2.42. The number of aromatic nitrogens is 2. The SMILES string of the molecule is O=C(O)Cc1ccc2c(c1)C1OCCC1C(c1ncc[nH]1)N2. The van der Waals surface area contributed by atoms with Gasteiger partial charge in [-0.3, -0.25) is 4.79 Å². The quantitative estimate of drug-likeness (QED) is 0.809. The first-order valence-corrected chi connectivity index (χ1v) is 7.44. The highest BCUT2D eigenvalue weighted by Crippen LogP contribution is 2.49. The van der Waals surface area contributed by atoms with Crippen LogP contribution in [0.15, 0.2) is 30.6 Å². The van der Waals surface area contributed by atoms with Gasteiger partial charge in [-0.2, -0.15) is 0 Å². The van der Waals surface area contributed by atoms with Crippen LogP contribution < -0.4 is 5.32 Å². The highest BCUT2D eigenvalue weighted by molar-refractivity contribution is 5.71. The van der Waals surface area contributed by atoms with Crippen LogP contribution in [0.3, 0.4) is 0 Å². The molecule has 3 unspecified atom stereocenters. The Bertz CT molecular complexity index is 699. The standard InChI is InChI=1S/C16H17N3O3/c20-13(21)8-9-1-2-12-11(7-9)15-10(3-6-22-15)14(19-12)16-17-4-5-18-16/h1-2,4-5,7,10,14-15,19H,3,6,8H2,(H,17,18)(H,20,21). The number of rotatable bonds is 3. The van der Waals surface area contributed by atoms with Gasteiger partial charge in [0.15, 0.2) is 0 Å². The molecule has 114 valence electrons. The third kappa shape index (κ3) is 2.16. The second-order valence-electron chi connectivity index (χ2n) is 5.83. The summed E-state index contributed by atoms with van der Waals surface area (Å²) in [6.45, 7) is 0.719. The zero-order valence-corrected chi connectivity index (χ0v) is 12.0. The number of aliphatic carboxylic acids is 1. The molecule has 0 bridgehead atoms. The summed E-state index contributed by atoms with van der Waals surface area (Å²) in [6, 6.07) is 5.86. The Kier molecular flexibility index (Phi) is 3.11. The molecular weight excluding hydrogens is 282 g/mol. The summed E-state index contributed by atoms with van der Waals surface area (Å²) in [4.78, 5) is 18.5. The Hall–Kier alpha value is -2.34.